The Kier molecular flexibility index (Phi) is 3.48. The summed E-state index contributed by atoms with van der Waals surface area (Å²) < 4.78 is 10.3. The van der Waals surface area contributed by atoms with Crippen LogP contribution in [0.4, 0.5) is 5.69 Å². The van der Waals surface area contributed by atoms with Gasteiger partial charge in [-0.25, -0.2) is 4.79 Å². The van der Waals surface area contributed by atoms with Crippen molar-refractivity contribution in [3.8, 4) is 11.5 Å². The average Bonchev–Trinajstić information content (AvgIpc) is 2.41. The van der Waals surface area contributed by atoms with Gasteiger partial charge in [0.15, 0.2) is 0 Å². The summed E-state index contributed by atoms with van der Waals surface area (Å²) in [5.41, 5.74) is 6.63. The van der Waals surface area contributed by atoms with Crippen LogP contribution in [0.15, 0.2) is 48.5 Å². The van der Waals surface area contributed by atoms with Crippen molar-refractivity contribution < 1.29 is 14.3 Å². The first-order valence-corrected chi connectivity index (χ1v) is 5.41. The van der Waals surface area contributed by atoms with E-state index in [9.17, 15) is 4.79 Å². The minimum absolute atomic E-state index is 0.386. The summed E-state index contributed by atoms with van der Waals surface area (Å²) in [5, 5.41) is 0. The topological polar surface area (TPSA) is 61.5 Å². The largest absolute Gasteiger partial charge is 0.465 e. The third kappa shape index (κ3) is 2.60. The standard InChI is InChI=1S/C14H13NO3/c1-17-14(16)12-4-2-3-5-13(12)18-11-8-6-10(15)7-9-11/h2-9H,15H2,1H3. The Morgan fingerprint density at radius 1 is 1.06 bits per heavy atom. The van der Waals surface area contributed by atoms with Gasteiger partial charge in [0.05, 0.1) is 7.11 Å². The van der Waals surface area contributed by atoms with E-state index < -0.39 is 5.97 Å². The van der Waals surface area contributed by atoms with E-state index in [-0.39, 0.29) is 0 Å². The summed E-state index contributed by atoms with van der Waals surface area (Å²) in [5.74, 6) is 0.635. The maximum absolute atomic E-state index is 11.6. The van der Waals surface area contributed by atoms with Crippen LogP contribution >= 0.6 is 0 Å². The predicted molar refractivity (Wildman–Crippen MR) is 68.7 cm³/mol. The zero-order chi connectivity index (χ0) is 13.0. The van der Waals surface area contributed by atoms with Crippen molar-refractivity contribution in [1.29, 1.82) is 0 Å². The Labute approximate surface area is 105 Å². The Bertz CT molecular complexity index is 549. The van der Waals surface area contributed by atoms with Gasteiger partial charge in [0.2, 0.25) is 0 Å². The Balaban J connectivity index is 2.28. The number of nitrogens with two attached hydrogens (primary N) is 1. The van der Waals surface area contributed by atoms with Crippen LogP contribution in [-0.2, 0) is 4.74 Å². The van der Waals surface area contributed by atoms with Crippen molar-refractivity contribution in [2.75, 3.05) is 12.8 Å². The molecule has 0 saturated heterocycles. The number of hydrogen-bond donors (Lipinski definition) is 1. The molecule has 4 nitrogen and oxygen atoms in total. The molecule has 18 heavy (non-hydrogen) atoms. The fourth-order valence-corrected chi connectivity index (χ4v) is 1.50. The molecular formula is C14H13NO3. The highest BCUT2D eigenvalue weighted by atomic mass is 16.5. The maximum Gasteiger partial charge on any atom is 0.341 e. The van der Waals surface area contributed by atoms with Gasteiger partial charge in [-0.3, -0.25) is 0 Å². The number of rotatable bonds is 3. The van der Waals surface area contributed by atoms with E-state index in [1.807, 2.05) is 0 Å². The van der Waals surface area contributed by atoms with E-state index in [1.54, 1.807) is 48.5 Å². The number of para-hydroxylation sites is 1. The van der Waals surface area contributed by atoms with Gasteiger partial charge < -0.3 is 15.2 Å². The Morgan fingerprint density at radius 2 is 1.72 bits per heavy atom. The van der Waals surface area contributed by atoms with Crippen LogP contribution in [0.5, 0.6) is 11.5 Å². The van der Waals surface area contributed by atoms with Gasteiger partial charge in [0.25, 0.3) is 0 Å². The number of carbonyl (C=O) groups excluding carboxylic acids is 1. The lowest BCUT2D eigenvalue weighted by molar-refractivity contribution is 0.0598. The minimum Gasteiger partial charge on any atom is -0.465 e. The smallest absolute Gasteiger partial charge is 0.341 e. The number of benzene rings is 2. The van der Waals surface area contributed by atoms with Crippen molar-refractivity contribution in [2.24, 2.45) is 0 Å². The fourth-order valence-electron chi connectivity index (χ4n) is 1.50. The van der Waals surface area contributed by atoms with Gasteiger partial charge in [-0.15, -0.1) is 0 Å². The molecule has 0 aliphatic carbocycles. The molecule has 0 saturated carbocycles. The molecule has 0 unspecified atom stereocenters. The van der Waals surface area contributed by atoms with Gasteiger partial charge in [0.1, 0.15) is 17.1 Å². The van der Waals surface area contributed by atoms with Gasteiger partial charge in [-0.2, -0.15) is 0 Å². The number of hydrogen-bond acceptors (Lipinski definition) is 4. The second-order valence-electron chi connectivity index (χ2n) is 3.66. The van der Waals surface area contributed by atoms with E-state index in [4.69, 9.17) is 15.2 Å². The zero-order valence-electron chi connectivity index (χ0n) is 9.92. The third-order valence-electron chi connectivity index (χ3n) is 2.40. The molecule has 0 bridgehead atoms. The number of anilines is 1. The van der Waals surface area contributed by atoms with Crippen molar-refractivity contribution in [1.82, 2.24) is 0 Å². The summed E-state index contributed by atoms with van der Waals surface area (Å²) >= 11 is 0. The molecule has 92 valence electrons. The molecule has 0 aliphatic heterocycles. The first kappa shape index (κ1) is 12.0. The van der Waals surface area contributed by atoms with Crippen LogP contribution < -0.4 is 10.5 Å². The second-order valence-corrected chi connectivity index (χ2v) is 3.66. The summed E-state index contributed by atoms with van der Waals surface area (Å²) in [7, 11) is 1.34. The molecule has 2 rings (SSSR count). The van der Waals surface area contributed by atoms with Crippen molar-refractivity contribution in [2.45, 2.75) is 0 Å². The SMILES string of the molecule is COC(=O)c1ccccc1Oc1ccc(N)cc1. The summed E-state index contributed by atoms with van der Waals surface area (Å²) in [6.45, 7) is 0. The highest BCUT2D eigenvalue weighted by molar-refractivity contribution is 5.92. The molecule has 0 radical (unpaired) electrons. The molecule has 4 heteroatoms. The molecule has 2 aromatic carbocycles. The van der Waals surface area contributed by atoms with E-state index in [0.29, 0.717) is 22.7 Å². The monoisotopic (exact) mass is 243 g/mol. The van der Waals surface area contributed by atoms with Crippen LogP contribution in [-0.4, -0.2) is 13.1 Å². The first-order valence-electron chi connectivity index (χ1n) is 5.41. The Hall–Kier alpha value is -2.49. The van der Waals surface area contributed by atoms with Gasteiger partial charge >= 0.3 is 5.97 Å². The van der Waals surface area contributed by atoms with Crippen LogP contribution in [0.2, 0.25) is 0 Å². The molecule has 0 aromatic heterocycles. The maximum atomic E-state index is 11.6. The number of esters is 1. The van der Waals surface area contributed by atoms with Crippen molar-refractivity contribution >= 4 is 11.7 Å². The fraction of sp³-hybridized carbons (Fsp3) is 0.0714. The average molecular weight is 243 g/mol. The molecule has 0 aliphatic rings. The molecular weight excluding hydrogens is 230 g/mol. The first-order chi connectivity index (χ1) is 8.70. The van der Waals surface area contributed by atoms with Crippen molar-refractivity contribution in [3.05, 3.63) is 54.1 Å². The molecule has 0 atom stereocenters. The lowest BCUT2D eigenvalue weighted by Gasteiger charge is -2.09. The van der Waals surface area contributed by atoms with Crippen LogP contribution in [0.25, 0.3) is 0 Å². The number of carbonyl (C=O) groups is 1. The Morgan fingerprint density at radius 3 is 2.39 bits per heavy atom. The molecule has 0 amide bonds. The number of ether oxygens (including phenoxy) is 2. The highest BCUT2D eigenvalue weighted by Gasteiger charge is 2.12. The van der Waals surface area contributed by atoms with Crippen LogP contribution in [0, 0.1) is 0 Å². The van der Waals surface area contributed by atoms with E-state index in [2.05, 4.69) is 0 Å². The lowest BCUT2D eigenvalue weighted by Crippen LogP contribution is -2.03. The normalized spacial score (nSPS) is 9.83. The van der Waals surface area contributed by atoms with Crippen LogP contribution in [0.1, 0.15) is 10.4 Å². The van der Waals surface area contributed by atoms with Crippen molar-refractivity contribution in [3.63, 3.8) is 0 Å². The number of nitrogen functional groups attached to an aromatic ring is 1. The summed E-state index contributed by atoms with van der Waals surface area (Å²) in [6, 6.07) is 13.8. The summed E-state index contributed by atoms with van der Waals surface area (Å²) in [6.07, 6.45) is 0. The molecule has 0 heterocycles. The van der Waals surface area contributed by atoms with Gasteiger partial charge in [-0.1, -0.05) is 12.1 Å². The third-order valence-corrected chi connectivity index (χ3v) is 2.40. The predicted octanol–water partition coefficient (Wildman–Crippen LogP) is 2.85. The van der Waals surface area contributed by atoms with Gasteiger partial charge in [-0.05, 0) is 36.4 Å². The molecule has 2 aromatic rings. The molecule has 0 spiro atoms. The lowest BCUT2D eigenvalue weighted by atomic mass is 10.2. The van der Waals surface area contributed by atoms with E-state index in [1.165, 1.54) is 7.11 Å². The van der Waals surface area contributed by atoms with E-state index in [0.717, 1.165) is 0 Å². The number of methoxy groups -OCH3 is 1. The van der Waals surface area contributed by atoms with Crippen LogP contribution in [0.3, 0.4) is 0 Å². The molecule has 0 fully saturated rings. The second kappa shape index (κ2) is 5.23. The zero-order valence-corrected chi connectivity index (χ0v) is 9.92. The van der Waals surface area contributed by atoms with Gasteiger partial charge in [0, 0.05) is 5.69 Å². The molecule has 2 N–H and O–H groups in total. The minimum atomic E-state index is -0.430. The quantitative estimate of drug-likeness (QED) is 0.665. The highest BCUT2D eigenvalue weighted by Crippen LogP contribution is 2.26. The van der Waals surface area contributed by atoms with E-state index >= 15 is 0 Å². The summed E-state index contributed by atoms with van der Waals surface area (Å²) in [4.78, 5) is 11.6.